The van der Waals surface area contributed by atoms with Crippen LogP contribution in [0, 0.1) is 5.92 Å². The van der Waals surface area contributed by atoms with Gasteiger partial charge in [-0.25, -0.2) is 4.98 Å². The summed E-state index contributed by atoms with van der Waals surface area (Å²) >= 11 is 0. The van der Waals surface area contributed by atoms with Crippen molar-refractivity contribution < 1.29 is 9.47 Å². The number of rotatable bonds is 7. The molecule has 1 aliphatic rings. The first kappa shape index (κ1) is 17.9. The molecule has 1 fully saturated rings. The highest BCUT2D eigenvalue weighted by Crippen LogP contribution is 2.29. The molecule has 0 radical (unpaired) electrons. The number of fused-ring (bicyclic) bond motifs is 1. The van der Waals surface area contributed by atoms with E-state index in [-0.39, 0.29) is 0 Å². The third-order valence-electron chi connectivity index (χ3n) is 5.65. The third kappa shape index (κ3) is 4.10. The van der Waals surface area contributed by atoms with Gasteiger partial charge in [0.2, 0.25) is 0 Å². The van der Waals surface area contributed by atoms with Gasteiger partial charge in [0, 0.05) is 6.54 Å². The average Bonchev–Trinajstić information content (AvgIpc) is 3.09. The lowest BCUT2D eigenvalue weighted by Crippen LogP contribution is -2.13. The van der Waals surface area contributed by atoms with Crippen molar-refractivity contribution in [1.82, 2.24) is 9.55 Å². The minimum atomic E-state index is 0.444. The molecule has 0 spiro atoms. The zero-order chi connectivity index (χ0) is 18.5. The van der Waals surface area contributed by atoms with Crippen molar-refractivity contribution in [3.05, 3.63) is 54.4 Å². The molecule has 1 aromatic heterocycles. The molecule has 0 saturated heterocycles. The van der Waals surface area contributed by atoms with Crippen molar-refractivity contribution in [1.29, 1.82) is 0 Å². The van der Waals surface area contributed by atoms with Crippen LogP contribution in [-0.2, 0) is 13.2 Å². The first-order valence-corrected chi connectivity index (χ1v) is 10.0. The second-order valence-corrected chi connectivity index (χ2v) is 7.40. The largest absolute Gasteiger partial charge is 0.493 e. The van der Waals surface area contributed by atoms with Crippen molar-refractivity contribution in [2.75, 3.05) is 7.11 Å². The standard InChI is InChI=1S/C23H28N2O2/c1-26-21-13-7-8-14-22(21)27-17-23-24-19-11-5-6-12-20(19)25(23)16-15-18-9-3-2-4-10-18/h5-8,11-14,18H,2-4,9-10,15-17H2,1H3. The van der Waals surface area contributed by atoms with Crippen LogP contribution in [0.2, 0.25) is 0 Å². The SMILES string of the molecule is COc1ccccc1OCc1nc2ccccc2n1CCC1CCCCC1. The summed E-state index contributed by atoms with van der Waals surface area (Å²) in [5.41, 5.74) is 2.24. The van der Waals surface area contributed by atoms with Gasteiger partial charge in [-0.05, 0) is 36.6 Å². The monoisotopic (exact) mass is 364 g/mol. The van der Waals surface area contributed by atoms with Crippen LogP contribution in [0.1, 0.15) is 44.3 Å². The minimum Gasteiger partial charge on any atom is -0.493 e. The van der Waals surface area contributed by atoms with Crippen LogP contribution in [0.25, 0.3) is 11.0 Å². The zero-order valence-electron chi connectivity index (χ0n) is 16.1. The van der Waals surface area contributed by atoms with E-state index in [4.69, 9.17) is 14.5 Å². The van der Waals surface area contributed by atoms with E-state index in [0.717, 1.165) is 35.3 Å². The highest BCUT2D eigenvalue weighted by atomic mass is 16.5. The number of benzene rings is 2. The number of aryl methyl sites for hydroxylation is 1. The Balaban J connectivity index is 1.54. The number of methoxy groups -OCH3 is 1. The summed E-state index contributed by atoms with van der Waals surface area (Å²) in [6.45, 7) is 1.45. The van der Waals surface area contributed by atoms with Crippen molar-refractivity contribution in [2.24, 2.45) is 5.92 Å². The molecule has 0 unspecified atom stereocenters. The first-order valence-electron chi connectivity index (χ1n) is 10.0. The number of imidazole rings is 1. The van der Waals surface area contributed by atoms with Gasteiger partial charge in [0.05, 0.1) is 18.1 Å². The van der Waals surface area contributed by atoms with Crippen molar-refractivity contribution >= 4 is 11.0 Å². The topological polar surface area (TPSA) is 36.3 Å². The number of hydrogen-bond donors (Lipinski definition) is 0. The fourth-order valence-corrected chi connectivity index (χ4v) is 4.15. The van der Waals surface area contributed by atoms with Crippen LogP contribution in [0.3, 0.4) is 0 Å². The summed E-state index contributed by atoms with van der Waals surface area (Å²) < 4.78 is 13.8. The Hall–Kier alpha value is -2.49. The molecule has 27 heavy (non-hydrogen) atoms. The summed E-state index contributed by atoms with van der Waals surface area (Å²) in [4.78, 5) is 4.84. The molecule has 0 aliphatic heterocycles. The molecular weight excluding hydrogens is 336 g/mol. The summed E-state index contributed by atoms with van der Waals surface area (Å²) in [6.07, 6.45) is 8.15. The van der Waals surface area contributed by atoms with Gasteiger partial charge in [0.15, 0.2) is 11.5 Å². The van der Waals surface area contributed by atoms with E-state index in [9.17, 15) is 0 Å². The lowest BCUT2D eigenvalue weighted by molar-refractivity contribution is 0.268. The molecule has 1 heterocycles. The van der Waals surface area contributed by atoms with E-state index in [1.165, 1.54) is 44.0 Å². The highest BCUT2D eigenvalue weighted by molar-refractivity contribution is 5.75. The molecule has 0 amide bonds. The number of nitrogens with zero attached hydrogens (tertiary/aromatic N) is 2. The first-order chi connectivity index (χ1) is 13.3. The summed E-state index contributed by atoms with van der Waals surface area (Å²) in [5, 5.41) is 0. The summed E-state index contributed by atoms with van der Waals surface area (Å²) in [5.74, 6) is 3.34. The lowest BCUT2D eigenvalue weighted by Gasteiger charge is -2.22. The van der Waals surface area contributed by atoms with Crippen LogP contribution in [0.15, 0.2) is 48.5 Å². The lowest BCUT2D eigenvalue weighted by atomic mass is 9.87. The Kier molecular flexibility index (Phi) is 5.61. The molecule has 142 valence electrons. The molecule has 0 bridgehead atoms. The number of hydrogen-bond acceptors (Lipinski definition) is 3. The number of aromatic nitrogens is 2. The molecular formula is C23H28N2O2. The Morgan fingerprint density at radius 3 is 2.52 bits per heavy atom. The van der Waals surface area contributed by atoms with E-state index >= 15 is 0 Å². The predicted octanol–water partition coefficient (Wildman–Crippen LogP) is 5.59. The zero-order valence-corrected chi connectivity index (χ0v) is 16.1. The predicted molar refractivity (Wildman–Crippen MR) is 108 cm³/mol. The molecule has 2 aromatic carbocycles. The normalized spacial score (nSPS) is 15.1. The highest BCUT2D eigenvalue weighted by Gasteiger charge is 2.16. The molecule has 0 N–H and O–H groups in total. The van der Waals surface area contributed by atoms with Crippen LogP contribution in [-0.4, -0.2) is 16.7 Å². The van der Waals surface area contributed by atoms with Crippen molar-refractivity contribution in [2.45, 2.75) is 51.7 Å². The Morgan fingerprint density at radius 1 is 0.963 bits per heavy atom. The third-order valence-corrected chi connectivity index (χ3v) is 5.65. The minimum absolute atomic E-state index is 0.444. The van der Waals surface area contributed by atoms with Gasteiger partial charge >= 0.3 is 0 Å². The second-order valence-electron chi connectivity index (χ2n) is 7.40. The number of para-hydroxylation sites is 4. The van der Waals surface area contributed by atoms with Gasteiger partial charge in [-0.2, -0.15) is 0 Å². The van der Waals surface area contributed by atoms with E-state index in [0.29, 0.717) is 6.61 Å². The smallest absolute Gasteiger partial charge is 0.161 e. The molecule has 4 nitrogen and oxygen atoms in total. The van der Waals surface area contributed by atoms with E-state index < -0.39 is 0 Å². The number of ether oxygens (including phenoxy) is 2. The molecule has 0 atom stereocenters. The van der Waals surface area contributed by atoms with Crippen molar-refractivity contribution in [3.63, 3.8) is 0 Å². The molecule has 3 aromatic rings. The molecule has 1 saturated carbocycles. The molecule has 1 aliphatic carbocycles. The average molecular weight is 364 g/mol. The van der Waals surface area contributed by atoms with E-state index in [1.807, 2.05) is 30.3 Å². The summed E-state index contributed by atoms with van der Waals surface area (Å²) in [7, 11) is 1.67. The van der Waals surface area contributed by atoms with Gasteiger partial charge < -0.3 is 14.0 Å². The Bertz CT molecular complexity index is 881. The van der Waals surface area contributed by atoms with Gasteiger partial charge in [-0.1, -0.05) is 56.4 Å². The van der Waals surface area contributed by atoms with Gasteiger partial charge in [-0.15, -0.1) is 0 Å². The maximum absolute atomic E-state index is 6.07. The van der Waals surface area contributed by atoms with E-state index in [2.05, 4.69) is 22.8 Å². The van der Waals surface area contributed by atoms with Crippen LogP contribution >= 0.6 is 0 Å². The van der Waals surface area contributed by atoms with Gasteiger partial charge in [0.1, 0.15) is 12.4 Å². The van der Waals surface area contributed by atoms with Crippen molar-refractivity contribution in [3.8, 4) is 11.5 Å². The maximum atomic E-state index is 6.07. The fraction of sp³-hybridized carbons (Fsp3) is 0.435. The molecule has 4 rings (SSSR count). The van der Waals surface area contributed by atoms with Gasteiger partial charge in [0.25, 0.3) is 0 Å². The Labute approximate surface area is 161 Å². The Morgan fingerprint density at radius 2 is 1.70 bits per heavy atom. The van der Waals surface area contributed by atoms with Gasteiger partial charge in [-0.3, -0.25) is 0 Å². The van der Waals surface area contributed by atoms with Crippen LogP contribution in [0.4, 0.5) is 0 Å². The van der Waals surface area contributed by atoms with E-state index in [1.54, 1.807) is 7.11 Å². The molecule has 4 heteroatoms. The quantitative estimate of drug-likeness (QED) is 0.548. The van der Waals surface area contributed by atoms with Crippen LogP contribution < -0.4 is 9.47 Å². The second kappa shape index (κ2) is 8.47. The van der Waals surface area contributed by atoms with Crippen LogP contribution in [0.5, 0.6) is 11.5 Å². The summed E-state index contributed by atoms with van der Waals surface area (Å²) in [6, 6.07) is 16.1. The fourth-order valence-electron chi connectivity index (χ4n) is 4.15. The maximum Gasteiger partial charge on any atom is 0.161 e.